The molecule has 0 amide bonds. The molecular weight excluding hydrogens is 326 g/mol. The zero-order valence-electron chi connectivity index (χ0n) is 15.3. The SMILES string of the molecule is Cc1cc([N+](=O)[O-])ccc1N1CCN([C@@H]2C[C@H]2c2ccccc2)CC1C. The number of nitro benzene ring substituents is 1. The maximum atomic E-state index is 11.0. The van der Waals surface area contributed by atoms with Gasteiger partial charge in [-0.3, -0.25) is 15.0 Å². The molecule has 5 nitrogen and oxygen atoms in total. The summed E-state index contributed by atoms with van der Waals surface area (Å²) in [6.07, 6.45) is 1.26. The van der Waals surface area contributed by atoms with Gasteiger partial charge in [0.15, 0.2) is 0 Å². The standard InChI is InChI=1S/C21H25N3O2/c1-15-12-18(24(25)26)8-9-20(15)23-11-10-22(14-16(23)2)21-13-19(21)17-6-4-3-5-7-17/h3-9,12,16,19,21H,10-11,13-14H2,1-2H3/t16?,19-,21+/m0/s1. The van der Waals surface area contributed by atoms with Gasteiger partial charge in [-0.1, -0.05) is 30.3 Å². The van der Waals surface area contributed by atoms with Crippen LogP contribution in [-0.4, -0.2) is 41.5 Å². The van der Waals surface area contributed by atoms with E-state index in [2.05, 4.69) is 47.1 Å². The van der Waals surface area contributed by atoms with Crippen molar-refractivity contribution in [1.29, 1.82) is 0 Å². The average molecular weight is 351 g/mol. The van der Waals surface area contributed by atoms with Crippen LogP contribution in [0.25, 0.3) is 0 Å². The van der Waals surface area contributed by atoms with Gasteiger partial charge in [0.2, 0.25) is 0 Å². The number of benzene rings is 2. The predicted octanol–water partition coefficient (Wildman–Crippen LogP) is 3.97. The lowest BCUT2D eigenvalue weighted by Crippen LogP contribution is -2.53. The Balaban J connectivity index is 1.42. The van der Waals surface area contributed by atoms with Gasteiger partial charge in [-0.05, 0) is 37.5 Å². The molecule has 26 heavy (non-hydrogen) atoms. The first-order valence-electron chi connectivity index (χ1n) is 9.35. The molecular formula is C21H25N3O2. The van der Waals surface area contributed by atoms with Gasteiger partial charge in [-0.25, -0.2) is 0 Å². The Morgan fingerprint density at radius 2 is 1.88 bits per heavy atom. The molecule has 2 aromatic rings. The molecule has 136 valence electrons. The molecule has 0 bridgehead atoms. The molecule has 1 saturated heterocycles. The third-order valence-electron chi connectivity index (χ3n) is 5.81. The fourth-order valence-corrected chi connectivity index (χ4v) is 4.36. The van der Waals surface area contributed by atoms with Crippen LogP contribution in [0, 0.1) is 17.0 Å². The molecule has 1 unspecified atom stereocenters. The van der Waals surface area contributed by atoms with Crippen molar-refractivity contribution >= 4 is 11.4 Å². The molecule has 1 saturated carbocycles. The Labute approximate surface area is 154 Å². The van der Waals surface area contributed by atoms with Crippen molar-refractivity contribution in [3.63, 3.8) is 0 Å². The molecule has 1 aliphatic carbocycles. The first-order valence-corrected chi connectivity index (χ1v) is 9.35. The molecule has 2 aromatic carbocycles. The van der Waals surface area contributed by atoms with Gasteiger partial charge >= 0.3 is 0 Å². The van der Waals surface area contributed by atoms with E-state index < -0.39 is 0 Å². The van der Waals surface area contributed by atoms with Crippen molar-refractivity contribution in [2.75, 3.05) is 24.5 Å². The van der Waals surface area contributed by atoms with Gasteiger partial charge < -0.3 is 4.90 Å². The van der Waals surface area contributed by atoms with Crippen molar-refractivity contribution in [3.8, 4) is 0 Å². The van der Waals surface area contributed by atoms with Crippen LogP contribution in [0.5, 0.6) is 0 Å². The summed E-state index contributed by atoms with van der Waals surface area (Å²) in [5, 5.41) is 11.0. The van der Waals surface area contributed by atoms with Gasteiger partial charge in [0.25, 0.3) is 5.69 Å². The molecule has 3 atom stereocenters. The molecule has 0 spiro atoms. The van der Waals surface area contributed by atoms with E-state index in [0.29, 0.717) is 18.0 Å². The topological polar surface area (TPSA) is 49.6 Å². The lowest BCUT2D eigenvalue weighted by atomic mass is 10.1. The summed E-state index contributed by atoms with van der Waals surface area (Å²) in [6.45, 7) is 7.29. The van der Waals surface area contributed by atoms with Crippen LogP contribution in [-0.2, 0) is 0 Å². The molecule has 0 N–H and O–H groups in total. The second kappa shape index (κ2) is 6.72. The number of anilines is 1. The van der Waals surface area contributed by atoms with E-state index in [1.54, 1.807) is 12.1 Å². The molecule has 1 aliphatic heterocycles. The Morgan fingerprint density at radius 3 is 2.54 bits per heavy atom. The van der Waals surface area contributed by atoms with E-state index in [1.165, 1.54) is 12.0 Å². The summed E-state index contributed by atoms with van der Waals surface area (Å²) in [7, 11) is 0. The van der Waals surface area contributed by atoms with E-state index >= 15 is 0 Å². The minimum absolute atomic E-state index is 0.168. The maximum absolute atomic E-state index is 11.0. The summed E-state index contributed by atoms with van der Waals surface area (Å²) in [6, 6.07) is 17.1. The van der Waals surface area contributed by atoms with Gasteiger partial charge in [0, 0.05) is 55.5 Å². The van der Waals surface area contributed by atoms with Crippen LogP contribution < -0.4 is 4.90 Å². The van der Waals surface area contributed by atoms with E-state index in [-0.39, 0.29) is 10.6 Å². The largest absolute Gasteiger partial charge is 0.366 e. The highest BCUT2D eigenvalue weighted by Crippen LogP contribution is 2.45. The fourth-order valence-electron chi connectivity index (χ4n) is 4.36. The van der Waals surface area contributed by atoms with Crippen LogP contribution in [0.2, 0.25) is 0 Å². The van der Waals surface area contributed by atoms with Gasteiger partial charge in [0.05, 0.1) is 4.92 Å². The molecule has 0 radical (unpaired) electrons. The van der Waals surface area contributed by atoms with Crippen LogP contribution >= 0.6 is 0 Å². The highest BCUT2D eigenvalue weighted by Gasteiger charge is 2.44. The first-order chi connectivity index (χ1) is 12.5. The molecule has 2 aliphatic rings. The Morgan fingerprint density at radius 1 is 1.12 bits per heavy atom. The summed E-state index contributed by atoms with van der Waals surface area (Å²) in [5.74, 6) is 0.677. The molecule has 1 heterocycles. The van der Waals surface area contributed by atoms with E-state index in [9.17, 15) is 10.1 Å². The third-order valence-corrected chi connectivity index (χ3v) is 5.81. The van der Waals surface area contributed by atoms with Gasteiger partial charge in [-0.2, -0.15) is 0 Å². The van der Waals surface area contributed by atoms with Crippen molar-refractivity contribution in [3.05, 3.63) is 69.8 Å². The van der Waals surface area contributed by atoms with E-state index in [1.807, 2.05) is 13.0 Å². The van der Waals surface area contributed by atoms with Gasteiger partial charge in [0.1, 0.15) is 0 Å². The molecule has 4 rings (SSSR count). The maximum Gasteiger partial charge on any atom is 0.269 e. The number of hydrogen-bond acceptors (Lipinski definition) is 4. The second-order valence-electron chi connectivity index (χ2n) is 7.59. The summed E-state index contributed by atoms with van der Waals surface area (Å²) >= 11 is 0. The number of nitrogens with zero attached hydrogens (tertiary/aromatic N) is 3. The molecule has 2 fully saturated rings. The quantitative estimate of drug-likeness (QED) is 0.618. The van der Waals surface area contributed by atoms with Crippen LogP contribution in [0.3, 0.4) is 0 Å². The van der Waals surface area contributed by atoms with Crippen molar-refractivity contribution in [2.24, 2.45) is 0 Å². The van der Waals surface area contributed by atoms with Crippen molar-refractivity contribution < 1.29 is 4.92 Å². The fraction of sp³-hybridized carbons (Fsp3) is 0.429. The normalized spacial score (nSPS) is 25.9. The first kappa shape index (κ1) is 17.0. The molecule has 5 heteroatoms. The lowest BCUT2D eigenvalue weighted by molar-refractivity contribution is -0.384. The molecule has 0 aromatic heterocycles. The minimum Gasteiger partial charge on any atom is -0.366 e. The van der Waals surface area contributed by atoms with E-state index in [4.69, 9.17) is 0 Å². The minimum atomic E-state index is -0.324. The Hall–Kier alpha value is -2.40. The van der Waals surface area contributed by atoms with Crippen LogP contribution in [0.1, 0.15) is 30.4 Å². The average Bonchev–Trinajstić information content (AvgIpc) is 3.43. The smallest absolute Gasteiger partial charge is 0.269 e. The number of nitro groups is 1. The second-order valence-corrected chi connectivity index (χ2v) is 7.59. The van der Waals surface area contributed by atoms with E-state index in [0.717, 1.165) is 30.9 Å². The highest BCUT2D eigenvalue weighted by atomic mass is 16.6. The third kappa shape index (κ3) is 3.19. The number of piperazine rings is 1. The number of aryl methyl sites for hydroxylation is 1. The predicted molar refractivity (Wildman–Crippen MR) is 104 cm³/mol. The number of hydrogen-bond donors (Lipinski definition) is 0. The monoisotopic (exact) mass is 351 g/mol. The van der Waals surface area contributed by atoms with Crippen molar-refractivity contribution in [2.45, 2.75) is 38.3 Å². The summed E-state index contributed by atoms with van der Waals surface area (Å²) < 4.78 is 0. The number of non-ortho nitro benzene ring substituents is 1. The van der Waals surface area contributed by atoms with Gasteiger partial charge in [-0.15, -0.1) is 0 Å². The summed E-state index contributed by atoms with van der Waals surface area (Å²) in [5.41, 5.74) is 3.73. The van der Waals surface area contributed by atoms with Crippen molar-refractivity contribution in [1.82, 2.24) is 4.90 Å². The van der Waals surface area contributed by atoms with Crippen LogP contribution in [0.15, 0.2) is 48.5 Å². The Bertz CT molecular complexity index is 808. The lowest BCUT2D eigenvalue weighted by Gasteiger charge is -2.42. The zero-order chi connectivity index (χ0) is 18.3. The highest BCUT2D eigenvalue weighted by molar-refractivity contribution is 5.58. The number of rotatable bonds is 4. The Kier molecular flexibility index (Phi) is 4.41. The van der Waals surface area contributed by atoms with Crippen LogP contribution in [0.4, 0.5) is 11.4 Å². The zero-order valence-corrected chi connectivity index (χ0v) is 15.3. The summed E-state index contributed by atoms with van der Waals surface area (Å²) in [4.78, 5) is 15.7.